The molecule has 0 atom stereocenters. The number of hydrogen-bond acceptors (Lipinski definition) is 2. The molecule has 2 N–H and O–H groups in total. The van der Waals surface area contributed by atoms with Crippen LogP contribution in [0.5, 0.6) is 0 Å². The third-order valence-electron chi connectivity index (χ3n) is 2.95. The van der Waals surface area contributed by atoms with Gasteiger partial charge in [-0.3, -0.25) is 9.59 Å². The van der Waals surface area contributed by atoms with Crippen LogP contribution in [-0.4, -0.2) is 89.2 Å². The highest BCUT2D eigenvalue weighted by Gasteiger charge is 2.07. The molecule has 0 aromatic rings. The van der Waals surface area contributed by atoms with Crippen molar-refractivity contribution in [1.29, 1.82) is 0 Å². The minimum atomic E-state index is -0.0867. The van der Waals surface area contributed by atoms with Gasteiger partial charge in [-0.05, 0) is 13.0 Å². The monoisotopic (exact) mass is 412 g/mol. The zero-order valence-electron chi connectivity index (χ0n) is 17.5. The number of nitrogens with zero attached hydrogens (tertiary/aromatic N) is 2. The zero-order chi connectivity index (χ0) is 19.4. The molecule has 0 radical (unpaired) electrons. The number of hydrogen-bond donors (Lipinski definition) is 2. The van der Waals surface area contributed by atoms with Crippen molar-refractivity contribution in [3.8, 4) is 0 Å². The molecule has 156 valence electrons. The first-order chi connectivity index (χ1) is 10.8. The lowest BCUT2D eigenvalue weighted by atomic mass is 10.3. The van der Waals surface area contributed by atoms with E-state index in [-0.39, 0.29) is 36.6 Å². The molecule has 0 bridgehead atoms. The van der Waals surface area contributed by atoms with Crippen LogP contribution >= 0.6 is 0 Å². The summed E-state index contributed by atoms with van der Waals surface area (Å²) in [6.45, 7) is 12.1. The van der Waals surface area contributed by atoms with Gasteiger partial charge in [0.2, 0.25) is 11.8 Å². The van der Waals surface area contributed by atoms with E-state index in [1.165, 1.54) is 6.08 Å². The number of carbonyl (C=O) groups excluding carboxylic acids is 2. The fourth-order valence-electron chi connectivity index (χ4n) is 1.49. The molecule has 0 unspecified atom stereocenters. The Bertz CT molecular complexity index is 426. The minimum Gasteiger partial charge on any atom is -1.00 e. The normalized spacial score (nSPS) is 10.1. The summed E-state index contributed by atoms with van der Waals surface area (Å²) in [7, 11) is 12.7. The second-order valence-electron chi connectivity index (χ2n) is 7.91. The van der Waals surface area contributed by atoms with Gasteiger partial charge in [0.1, 0.15) is 0 Å². The molecule has 26 heavy (non-hydrogen) atoms. The molecule has 0 rings (SSSR count). The first-order valence-electron chi connectivity index (χ1n) is 8.23. The number of nitrogens with one attached hydrogen (secondary N) is 2. The van der Waals surface area contributed by atoms with E-state index in [2.05, 4.69) is 66.1 Å². The molecule has 0 saturated heterocycles. The summed E-state index contributed by atoms with van der Waals surface area (Å²) in [5, 5.41) is 5.52. The highest BCUT2D eigenvalue weighted by molar-refractivity contribution is 5.92. The number of amides is 2. The number of halogens is 2. The summed E-state index contributed by atoms with van der Waals surface area (Å²) in [5.41, 5.74) is 0.566. The highest BCUT2D eigenvalue weighted by Crippen LogP contribution is 1.91. The molecule has 0 heterocycles. The van der Waals surface area contributed by atoms with Crippen molar-refractivity contribution < 1.29 is 43.4 Å². The summed E-state index contributed by atoms with van der Waals surface area (Å²) in [6, 6.07) is 0. The van der Waals surface area contributed by atoms with Crippen LogP contribution < -0.4 is 35.4 Å². The van der Waals surface area contributed by atoms with E-state index < -0.39 is 0 Å². The third-order valence-corrected chi connectivity index (χ3v) is 2.95. The molecule has 0 fully saturated rings. The van der Waals surface area contributed by atoms with Crippen LogP contribution in [0.15, 0.2) is 24.8 Å². The maximum Gasteiger partial charge on any atom is 0.246 e. The third kappa shape index (κ3) is 27.8. The van der Waals surface area contributed by atoms with Crippen LogP contribution in [0.2, 0.25) is 0 Å². The molecular weight excluding hydrogens is 375 g/mol. The van der Waals surface area contributed by atoms with Gasteiger partial charge in [-0.15, -0.1) is 0 Å². The summed E-state index contributed by atoms with van der Waals surface area (Å²) in [6.07, 6.45) is 2.30. The van der Waals surface area contributed by atoms with Crippen molar-refractivity contribution in [3.63, 3.8) is 0 Å². The Kier molecular flexibility index (Phi) is 20.2. The van der Waals surface area contributed by atoms with Gasteiger partial charge in [0, 0.05) is 18.5 Å². The maximum atomic E-state index is 11.0. The molecular formula is C18H38Cl2N4O2. The lowest BCUT2D eigenvalue weighted by Gasteiger charge is -2.23. The van der Waals surface area contributed by atoms with Crippen molar-refractivity contribution in [2.45, 2.75) is 13.3 Å². The molecule has 0 aliphatic carbocycles. The van der Waals surface area contributed by atoms with Gasteiger partial charge in [0.25, 0.3) is 0 Å². The Morgan fingerprint density at radius 2 is 1.35 bits per heavy atom. The Balaban J connectivity index is -0.000000173. The second-order valence-corrected chi connectivity index (χ2v) is 7.91. The minimum absolute atomic E-state index is 0. The van der Waals surface area contributed by atoms with E-state index >= 15 is 0 Å². The Hall–Kier alpha value is -1.08. The SMILES string of the molecule is C=C(C)C(=O)NCC[N+](C)(C)C.C=CC(=O)NCCC[N+](C)(C)C.[Cl-].[Cl-]. The zero-order valence-corrected chi connectivity index (χ0v) is 19.0. The number of carbonyl (C=O) groups is 2. The summed E-state index contributed by atoms with van der Waals surface area (Å²) >= 11 is 0. The van der Waals surface area contributed by atoms with Crippen molar-refractivity contribution in [2.75, 3.05) is 68.5 Å². The van der Waals surface area contributed by atoms with Crippen LogP contribution in [0.25, 0.3) is 0 Å². The van der Waals surface area contributed by atoms with Crippen molar-refractivity contribution in [1.82, 2.24) is 10.6 Å². The topological polar surface area (TPSA) is 58.2 Å². The maximum absolute atomic E-state index is 11.0. The van der Waals surface area contributed by atoms with E-state index in [4.69, 9.17) is 0 Å². The number of rotatable bonds is 9. The average Bonchev–Trinajstić information content (AvgIpc) is 2.41. The van der Waals surface area contributed by atoms with E-state index in [9.17, 15) is 9.59 Å². The quantitative estimate of drug-likeness (QED) is 0.226. The van der Waals surface area contributed by atoms with Gasteiger partial charge < -0.3 is 44.4 Å². The molecule has 0 spiro atoms. The molecule has 0 aromatic heterocycles. The van der Waals surface area contributed by atoms with Crippen LogP contribution in [0.1, 0.15) is 13.3 Å². The molecule has 0 aliphatic heterocycles. The largest absolute Gasteiger partial charge is 1.00 e. The lowest BCUT2D eigenvalue weighted by molar-refractivity contribution is -0.870. The van der Waals surface area contributed by atoms with Crippen molar-refractivity contribution >= 4 is 11.8 Å². The first kappa shape index (κ1) is 32.6. The Morgan fingerprint density at radius 3 is 1.69 bits per heavy atom. The first-order valence-corrected chi connectivity index (χ1v) is 8.23. The average molecular weight is 413 g/mol. The van der Waals surface area contributed by atoms with Crippen LogP contribution in [-0.2, 0) is 9.59 Å². The molecule has 0 aromatic carbocycles. The predicted molar refractivity (Wildman–Crippen MR) is 101 cm³/mol. The summed E-state index contributed by atoms with van der Waals surface area (Å²) in [5.74, 6) is -0.139. The molecule has 6 nitrogen and oxygen atoms in total. The lowest BCUT2D eigenvalue weighted by Crippen LogP contribution is -3.00. The van der Waals surface area contributed by atoms with Crippen molar-refractivity contribution in [2.24, 2.45) is 0 Å². The van der Waals surface area contributed by atoms with E-state index in [0.29, 0.717) is 12.1 Å². The molecule has 0 saturated carbocycles. The smallest absolute Gasteiger partial charge is 0.246 e. The van der Waals surface area contributed by atoms with E-state index in [0.717, 1.165) is 35.0 Å². The molecule has 2 amide bonds. The molecule has 8 heteroatoms. The number of quaternary nitrogens is 2. The van der Waals surface area contributed by atoms with Gasteiger partial charge in [-0.2, -0.15) is 0 Å². The Labute approximate surface area is 172 Å². The summed E-state index contributed by atoms with van der Waals surface area (Å²) in [4.78, 5) is 21.7. The van der Waals surface area contributed by atoms with Crippen LogP contribution in [0.4, 0.5) is 0 Å². The van der Waals surface area contributed by atoms with Gasteiger partial charge in [0.15, 0.2) is 0 Å². The fraction of sp³-hybridized carbons (Fsp3) is 0.667. The van der Waals surface area contributed by atoms with Gasteiger partial charge in [0.05, 0.1) is 61.9 Å². The fourth-order valence-corrected chi connectivity index (χ4v) is 1.49. The van der Waals surface area contributed by atoms with Crippen LogP contribution in [0.3, 0.4) is 0 Å². The molecule has 0 aliphatic rings. The second kappa shape index (κ2) is 16.1. The standard InChI is InChI=1S/2C9H18N2O.2ClH/c1-8(2)9(12)10-6-7-11(3,4)5;1-5-9(12)10-7-6-8-11(2,3)4;;/h1,6-7H2,2-5H3;5H,1,6-8H2,2-4H3;2*1H. The van der Waals surface area contributed by atoms with Gasteiger partial charge >= 0.3 is 0 Å². The number of likely N-dealkylation sites (N-methyl/N-ethyl adjacent to an activating group) is 1. The highest BCUT2D eigenvalue weighted by atomic mass is 35.5. The van der Waals surface area contributed by atoms with E-state index in [1.54, 1.807) is 6.92 Å². The van der Waals surface area contributed by atoms with E-state index in [1.807, 2.05) is 0 Å². The van der Waals surface area contributed by atoms with Gasteiger partial charge in [-0.1, -0.05) is 13.2 Å². The Morgan fingerprint density at radius 1 is 0.885 bits per heavy atom. The summed E-state index contributed by atoms with van der Waals surface area (Å²) < 4.78 is 1.79. The van der Waals surface area contributed by atoms with Crippen LogP contribution in [0, 0.1) is 0 Å². The predicted octanol–water partition coefficient (Wildman–Crippen LogP) is -5.22. The van der Waals surface area contributed by atoms with Gasteiger partial charge in [-0.25, -0.2) is 0 Å². The van der Waals surface area contributed by atoms with Crippen molar-refractivity contribution in [3.05, 3.63) is 24.8 Å².